The maximum atomic E-state index is 12.4. The highest BCUT2D eigenvalue weighted by molar-refractivity contribution is 14.1. The van der Waals surface area contributed by atoms with Gasteiger partial charge >= 0.3 is 7.60 Å². The monoisotopic (exact) mass is 573 g/mol. The van der Waals surface area contributed by atoms with Crippen LogP contribution in [0.5, 0.6) is 0 Å². The minimum absolute atomic E-state index is 0.451. The second-order valence-electron chi connectivity index (χ2n) is 8.82. The summed E-state index contributed by atoms with van der Waals surface area (Å²) in [7, 11) is -0.703. The first-order valence-corrected chi connectivity index (χ1v) is 16.5. The summed E-state index contributed by atoms with van der Waals surface area (Å²) in [5.41, 5.74) is 0. The number of unbranched alkanes of at least 4 members (excludes halogenated alkanes) is 14. The molecular formula is C25H53INO3P. The highest BCUT2D eigenvalue weighted by Gasteiger charge is 2.22. The average Bonchev–Trinajstić information content (AvgIpc) is 2.73. The summed E-state index contributed by atoms with van der Waals surface area (Å²) in [5.74, 6) is 0. The maximum Gasteiger partial charge on any atom is 0.330 e. The van der Waals surface area contributed by atoms with Crippen molar-refractivity contribution in [2.75, 3.05) is 43.9 Å². The molecule has 0 aliphatic rings. The van der Waals surface area contributed by atoms with Crippen molar-refractivity contribution in [1.82, 2.24) is 4.90 Å². The first-order chi connectivity index (χ1) is 15.1. The Hall–Kier alpha value is 0.840. The Morgan fingerprint density at radius 1 is 0.613 bits per heavy atom. The highest BCUT2D eigenvalue weighted by Crippen LogP contribution is 2.48. The molecule has 0 heterocycles. The van der Waals surface area contributed by atoms with Gasteiger partial charge in [-0.05, 0) is 57.7 Å². The van der Waals surface area contributed by atoms with E-state index in [0.29, 0.717) is 19.4 Å². The van der Waals surface area contributed by atoms with Gasteiger partial charge in [-0.25, -0.2) is 0 Å². The van der Waals surface area contributed by atoms with Gasteiger partial charge in [0.15, 0.2) is 0 Å². The quantitative estimate of drug-likeness (QED) is 0.0473. The number of nitrogens with zero attached hydrogens (tertiary/aromatic N) is 1. The topological polar surface area (TPSA) is 38.8 Å². The Kier molecular flexibility index (Phi) is 24.6. The molecule has 188 valence electrons. The predicted octanol–water partition coefficient (Wildman–Crippen LogP) is 8.86. The van der Waals surface area contributed by atoms with E-state index in [1.165, 1.54) is 101 Å². The van der Waals surface area contributed by atoms with Crippen molar-refractivity contribution >= 4 is 30.2 Å². The molecule has 0 N–H and O–H groups in total. The maximum absolute atomic E-state index is 12.4. The number of halogens is 1. The Bertz CT molecular complexity index is 402. The lowest BCUT2D eigenvalue weighted by Crippen LogP contribution is -2.22. The van der Waals surface area contributed by atoms with Crippen LogP contribution in [0.4, 0.5) is 0 Å². The SMILES string of the molecule is CCOP(=O)(CCCN(C)CCCCCCCCCCCCCCCCCI)OCC. The molecule has 6 heteroatoms. The average molecular weight is 574 g/mol. The van der Waals surface area contributed by atoms with Gasteiger partial charge < -0.3 is 13.9 Å². The van der Waals surface area contributed by atoms with Gasteiger partial charge in [0, 0.05) is 0 Å². The molecule has 4 nitrogen and oxygen atoms in total. The van der Waals surface area contributed by atoms with Crippen LogP contribution in [0.15, 0.2) is 0 Å². The zero-order chi connectivity index (χ0) is 23.0. The third-order valence-electron chi connectivity index (χ3n) is 5.80. The molecular weight excluding hydrogens is 520 g/mol. The molecule has 0 atom stereocenters. The molecule has 31 heavy (non-hydrogen) atoms. The van der Waals surface area contributed by atoms with Crippen LogP contribution >= 0.6 is 30.2 Å². The smallest absolute Gasteiger partial charge is 0.309 e. The minimum Gasteiger partial charge on any atom is -0.309 e. The second kappa shape index (κ2) is 24.0. The summed E-state index contributed by atoms with van der Waals surface area (Å²) in [6.07, 6.45) is 22.6. The van der Waals surface area contributed by atoms with E-state index in [4.69, 9.17) is 9.05 Å². The fraction of sp³-hybridized carbons (Fsp3) is 1.00. The van der Waals surface area contributed by atoms with Crippen molar-refractivity contribution < 1.29 is 13.6 Å². The highest BCUT2D eigenvalue weighted by atomic mass is 127. The molecule has 0 aromatic heterocycles. The molecule has 0 aliphatic carbocycles. The Morgan fingerprint density at radius 2 is 0.968 bits per heavy atom. The number of alkyl halides is 1. The number of rotatable bonds is 25. The van der Waals surface area contributed by atoms with Gasteiger partial charge in [0.2, 0.25) is 0 Å². The third-order valence-corrected chi connectivity index (χ3v) is 8.73. The Morgan fingerprint density at radius 3 is 1.35 bits per heavy atom. The molecule has 0 spiro atoms. The lowest BCUT2D eigenvalue weighted by Gasteiger charge is -2.20. The first-order valence-electron chi connectivity index (χ1n) is 13.2. The van der Waals surface area contributed by atoms with Crippen LogP contribution in [-0.4, -0.2) is 48.8 Å². The van der Waals surface area contributed by atoms with Crippen LogP contribution in [-0.2, 0) is 13.6 Å². The van der Waals surface area contributed by atoms with Gasteiger partial charge in [-0.2, -0.15) is 0 Å². The fourth-order valence-corrected chi connectivity index (χ4v) is 6.17. The summed E-state index contributed by atoms with van der Waals surface area (Å²) in [6, 6.07) is 0. The Balaban J connectivity index is 3.37. The standard InChI is InChI=1S/C25H53INO3P/c1-4-29-31(28,30-5-2)25-21-24-27(3)23-20-18-16-14-12-10-8-6-7-9-11-13-15-17-19-22-26/h4-25H2,1-3H3. The van der Waals surface area contributed by atoms with E-state index in [0.717, 1.165) is 19.5 Å². The van der Waals surface area contributed by atoms with Gasteiger partial charge in [0.1, 0.15) is 0 Å². The first kappa shape index (κ1) is 31.8. The van der Waals surface area contributed by atoms with Crippen molar-refractivity contribution in [3.05, 3.63) is 0 Å². The molecule has 0 rings (SSSR count). The Labute approximate surface area is 208 Å². The zero-order valence-corrected chi connectivity index (χ0v) is 24.1. The summed E-state index contributed by atoms with van der Waals surface area (Å²) in [4.78, 5) is 2.35. The minimum atomic E-state index is -2.87. The molecule has 0 aromatic rings. The summed E-state index contributed by atoms with van der Waals surface area (Å²) in [5, 5.41) is 0. The third kappa shape index (κ3) is 22.4. The summed E-state index contributed by atoms with van der Waals surface area (Å²) < 4.78 is 24.5. The van der Waals surface area contributed by atoms with E-state index in [9.17, 15) is 4.57 Å². The largest absolute Gasteiger partial charge is 0.330 e. The molecule has 0 radical (unpaired) electrons. The zero-order valence-electron chi connectivity index (χ0n) is 21.1. The van der Waals surface area contributed by atoms with E-state index in [1.807, 2.05) is 13.8 Å². The number of hydrogen-bond acceptors (Lipinski definition) is 4. The molecule has 0 fully saturated rings. The van der Waals surface area contributed by atoms with Crippen molar-refractivity contribution in [1.29, 1.82) is 0 Å². The van der Waals surface area contributed by atoms with Crippen molar-refractivity contribution in [2.45, 2.75) is 117 Å². The molecule has 0 amide bonds. The molecule has 0 saturated heterocycles. The normalized spacial score (nSPS) is 12.2. The van der Waals surface area contributed by atoms with Crippen LogP contribution in [0.2, 0.25) is 0 Å². The van der Waals surface area contributed by atoms with E-state index >= 15 is 0 Å². The fourth-order valence-electron chi connectivity index (χ4n) is 3.98. The molecule has 0 aromatic carbocycles. The predicted molar refractivity (Wildman–Crippen MR) is 146 cm³/mol. The van der Waals surface area contributed by atoms with Gasteiger partial charge in [0.25, 0.3) is 0 Å². The summed E-state index contributed by atoms with van der Waals surface area (Å²) >= 11 is 2.48. The molecule has 0 unspecified atom stereocenters. The lowest BCUT2D eigenvalue weighted by molar-refractivity contribution is 0.218. The van der Waals surface area contributed by atoms with E-state index < -0.39 is 7.60 Å². The molecule has 0 bridgehead atoms. The van der Waals surface area contributed by atoms with Crippen molar-refractivity contribution in [3.8, 4) is 0 Å². The van der Waals surface area contributed by atoms with Gasteiger partial charge in [0.05, 0.1) is 19.4 Å². The van der Waals surface area contributed by atoms with Crippen molar-refractivity contribution in [2.24, 2.45) is 0 Å². The van der Waals surface area contributed by atoms with Crippen molar-refractivity contribution in [3.63, 3.8) is 0 Å². The molecule has 0 aliphatic heterocycles. The van der Waals surface area contributed by atoms with E-state index in [2.05, 4.69) is 34.5 Å². The number of hydrogen-bond donors (Lipinski definition) is 0. The van der Waals surface area contributed by atoms with Gasteiger partial charge in [-0.1, -0.05) is 106 Å². The molecule has 0 saturated carbocycles. The van der Waals surface area contributed by atoms with Gasteiger partial charge in [-0.3, -0.25) is 4.57 Å². The van der Waals surface area contributed by atoms with E-state index in [-0.39, 0.29) is 0 Å². The van der Waals surface area contributed by atoms with Crippen LogP contribution in [0.3, 0.4) is 0 Å². The van der Waals surface area contributed by atoms with Crippen LogP contribution < -0.4 is 0 Å². The van der Waals surface area contributed by atoms with Crippen LogP contribution in [0.25, 0.3) is 0 Å². The van der Waals surface area contributed by atoms with E-state index in [1.54, 1.807) is 0 Å². The lowest BCUT2D eigenvalue weighted by atomic mass is 10.0. The van der Waals surface area contributed by atoms with Crippen LogP contribution in [0, 0.1) is 0 Å². The van der Waals surface area contributed by atoms with Crippen LogP contribution in [0.1, 0.15) is 117 Å². The second-order valence-corrected chi connectivity index (χ2v) is 12.1. The van der Waals surface area contributed by atoms with Gasteiger partial charge in [-0.15, -0.1) is 0 Å². The summed E-state index contributed by atoms with van der Waals surface area (Å²) in [6.45, 7) is 6.73.